The van der Waals surface area contributed by atoms with Crippen LogP contribution in [0.25, 0.3) is 10.9 Å². The van der Waals surface area contributed by atoms with Gasteiger partial charge in [0.1, 0.15) is 9.79 Å². The number of sulfonamides is 1. The van der Waals surface area contributed by atoms with Crippen LogP contribution >= 0.6 is 0 Å². The number of nitrogens with two attached hydrogens (primary N) is 2. The van der Waals surface area contributed by atoms with Crippen LogP contribution in [0, 0.1) is 0 Å². The van der Waals surface area contributed by atoms with Crippen LogP contribution in [-0.4, -0.2) is 26.7 Å². The molecule has 0 radical (unpaired) electrons. The lowest BCUT2D eigenvalue weighted by atomic mass is 10.1. The number of aromatic nitrogens is 1. The molecule has 1 aromatic heterocycles. The molecule has 0 atom stereocenters. The van der Waals surface area contributed by atoms with Crippen molar-refractivity contribution in [3.8, 4) is 0 Å². The molecule has 4 N–H and O–H groups in total. The Hall–Kier alpha value is -3.47. The predicted octanol–water partition coefficient (Wildman–Crippen LogP) is 2.22. The molecule has 1 heterocycles. The van der Waals surface area contributed by atoms with E-state index in [1.807, 2.05) is 30.3 Å². The Bertz CT molecular complexity index is 1560. The maximum atomic E-state index is 13.8. The van der Waals surface area contributed by atoms with Crippen LogP contribution in [0.3, 0.4) is 0 Å². The van der Waals surface area contributed by atoms with E-state index in [4.69, 9.17) is 10.9 Å². The number of primary amides is 1. The van der Waals surface area contributed by atoms with Gasteiger partial charge >= 0.3 is 0 Å². The number of carbonyl (C=O) groups excluding carboxylic acids is 1. The summed E-state index contributed by atoms with van der Waals surface area (Å²) < 4.78 is 52.8. The highest BCUT2D eigenvalue weighted by Crippen LogP contribution is 2.30. The third-order valence-corrected chi connectivity index (χ3v) is 7.94. The minimum atomic E-state index is -4.38. The molecule has 0 spiro atoms. The molecular formula is C22H19N3O5S2. The molecule has 164 valence electrons. The summed E-state index contributed by atoms with van der Waals surface area (Å²) in [6.07, 6.45) is 0.248. The van der Waals surface area contributed by atoms with Crippen LogP contribution in [0.1, 0.15) is 21.6 Å². The third kappa shape index (κ3) is 3.91. The molecule has 32 heavy (non-hydrogen) atoms. The highest BCUT2D eigenvalue weighted by molar-refractivity contribution is 7.92. The van der Waals surface area contributed by atoms with E-state index in [1.165, 1.54) is 36.4 Å². The number of hydrogen-bond acceptors (Lipinski definition) is 5. The van der Waals surface area contributed by atoms with E-state index in [0.717, 1.165) is 15.6 Å². The molecule has 3 aromatic carbocycles. The van der Waals surface area contributed by atoms with Crippen LogP contribution in [0.15, 0.2) is 88.7 Å². The second-order valence-electron chi connectivity index (χ2n) is 7.20. The van der Waals surface area contributed by atoms with Crippen LogP contribution in [0.5, 0.6) is 0 Å². The highest BCUT2D eigenvalue weighted by atomic mass is 32.2. The number of amides is 1. The molecule has 0 aliphatic rings. The lowest BCUT2D eigenvalue weighted by Crippen LogP contribution is -2.21. The Morgan fingerprint density at radius 3 is 2.06 bits per heavy atom. The molecule has 4 rings (SSSR count). The second-order valence-corrected chi connectivity index (χ2v) is 10.5. The van der Waals surface area contributed by atoms with Gasteiger partial charge in [-0.2, -0.15) is 0 Å². The Labute approximate surface area is 185 Å². The maximum Gasteiger partial charge on any atom is 0.269 e. The van der Waals surface area contributed by atoms with Gasteiger partial charge in [0, 0.05) is 23.1 Å². The highest BCUT2D eigenvalue weighted by Gasteiger charge is 2.29. The smallest absolute Gasteiger partial charge is 0.269 e. The molecule has 0 aliphatic carbocycles. The average molecular weight is 470 g/mol. The van der Waals surface area contributed by atoms with Gasteiger partial charge in [0.25, 0.3) is 10.0 Å². The lowest BCUT2D eigenvalue weighted by Gasteiger charge is -2.14. The standard InChI is InChI=1S/C22H19N3O5S2/c23-22(26)16-10-11-19-17(13-16)14-18(12-15-6-2-1-3-7-15)25(19)32(29,30)21-9-5-4-8-20(21)31(24,27)28/h1-11,13-14H,12H2,(H2,23,26)(H2,24,27,28). The van der Waals surface area contributed by atoms with E-state index < -0.39 is 35.7 Å². The van der Waals surface area contributed by atoms with Gasteiger partial charge in [0.05, 0.1) is 5.52 Å². The van der Waals surface area contributed by atoms with Crippen molar-refractivity contribution in [2.24, 2.45) is 10.9 Å². The van der Waals surface area contributed by atoms with E-state index in [1.54, 1.807) is 6.07 Å². The van der Waals surface area contributed by atoms with Crippen LogP contribution < -0.4 is 10.9 Å². The second kappa shape index (κ2) is 7.90. The zero-order chi connectivity index (χ0) is 23.1. The van der Waals surface area contributed by atoms with Crippen LogP contribution in [0.4, 0.5) is 0 Å². The first kappa shape index (κ1) is 21.8. The fourth-order valence-corrected chi connectivity index (χ4v) is 6.51. The number of fused-ring (bicyclic) bond motifs is 1. The van der Waals surface area contributed by atoms with E-state index in [0.29, 0.717) is 11.1 Å². The summed E-state index contributed by atoms with van der Waals surface area (Å²) in [5.74, 6) is -0.647. The van der Waals surface area contributed by atoms with E-state index >= 15 is 0 Å². The Balaban J connectivity index is 2.02. The Morgan fingerprint density at radius 2 is 1.44 bits per heavy atom. The number of nitrogens with zero attached hydrogens (tertiary/aromatic N) is 1. The number of rotatable bonds is 6. The lowest BCUT2D eigenvalue weighted by molar-refractivity contribution is 0.100. The van der Waals surface area contributed by atoms with Crippen molar-refractivity contribution in [1.29, 1.82) is 0 Å². The first-order chi connectivity index (χ1) is 15.1. The normalized spacial score (nSPS) is 12.2. The molecule has 0 fully saturated rings. The minimum Gasteiger partial charge on any atom is -0.366 e. The molecule has 4 aromatic rings. The third-order valence-electron chi connectivity index (χ3n) is 5.02. The Morgan fingerprint density at radius 1 is 0.812 bits per heavy atom. The first-order valence-electron chi connectivity index (χ1n) is 9.44. The fourth-order valence-electron chi connectivity index (χ4n) is 3.61. The van der Waals surface area contributed by atoms with Crippen molar-refractivity contribution in [3.05, 3.63) is 95.7 Å². The summed E-state index contributed by atoms with van der Waals surface area (Å²) in [4.78, 5) is 10.7. The maximum absolute atomic E-state index is 13.8. The Kier molecular flexibility index (Phi) is 5.37. The molecule has 0 bridgehead atoms. The molecule has 0 unspecified atom stereocenters. The van der Waals surface area contributed by atoms with E-state index in [-0.39, 0.29) is 17.5 Å². The SMILES string of the molecule is NC(=O)c1ccc2c(c1)cc(Cc1ccccc1)n2S(=O)(=O)c1ccccc1S(N)(=O)=O. The number of carbonyl (C=O) groups is 1. The zero-order valence-corrected chi connectivity index (χ0v) is 18.3. The van der Waals surface area contributed by atoms with Gasteiger partial charge in [-0.3, -0.25) is 4.79 Å². The largest absolute Gasteiger partial charge is 0.366 e. The number of hydrogen-bond donors (Lipinski definition) is 2. The quantitative estimate of drug-likeness (QED) is 0.445. The summed E-state index contributed by atoms with van der Waals surface area (Å²) in [6, 6.07) is 20.4. The zero-order valence-electron chi connectivity index (χ0n) is 16.7. The van der Waals surface area contributed by atoms with Gasteiger partial charge in [0.15, 0.2) is 0 Å². The van der Waals surface area contributed by atoms with Gasteiger partial charge in [-0.25, -0.2) is 25.9 Å². The van der Waals surface area contributed by atoms with Gasteiger partial charge < -0.3 is 5.73 Å². The fraction of sp³-hybridized carbons (Fsp3) is 0.0455. The predicted molar refractivity (Wildman–Crippen MR) is 120 cm³/mol. The molecule has 10 heteroatoms. The van der Waals surface area contributed by atoms with Gasteiger partial charge in [-0.1, -0.05) is 42.5 Å². The van der Waals surface area contributed by atoms with E-state index in [9.17, 15) is 21.6 Å². The van der Waals surface area contributed by atoms with Gasteiger partial charge in [-0.15, -0.1) is 0 Å². The molecule has 0 saturated carbocycles. The summed E-state index contributed by atoms with van der Waals surface area (Å²) in [7, 11) is -8.68. The van der Waals surface area contributed by atoms with E-state index in [2.05, 4.69) is 0 Å². The van der Waals surface area contributed by atoms with Crippen molar-refractivity contribution in [1.82, 2.24) is 3.97 Å². The first-order valence-corrected chi connectivity index (χ1v) is 12.4. The van der Waals surface area contributed by atoms with Crippen molar-refractivity contribution < 1.29 is 21.6 Å². The summed E-state index contributed by atoms with van der Waals surface area (Å²) >= 11 is 0. The number of primary sulfonamides is 1. The number of benzene rings is 3. The van der Waals surface area contributed by atoms with Crippen LogP contribution in [0.2, 0.25) is 0 Å². The minimum absolute atomic E-state index is 0.225. The summed E-state index contributed by atoms with van der Waals surface area (Å²) in [5.41, 5.74) is 7.12. The van der Waals surface area contributed by atoms with Crippen molar-refractivity contribution in [2.45, 2.75) is 16.2 Å². The van der Waals surface area contributed by atoms with Gasteiger partial charge in [0.2, 0.25) is 15.9 Å². The van der Waals surface area contributed by atoms with Gasteiger partial charge in [-0.05, 0) is 42.0 Å². The van der Waals surface area contributed by atoms with Crippen molar-refractivity contribution in [3.63, 3.8) is 0 Å². The molecule has 1 amide bonds. The summed E-state index contributed by atoms with van der Waals surface area (Å²) in [5, 5.41) is 5.76. The van der Waals surface area contributed by atoms with Crippen molar-refractivity contribution >= 4 is 36.9 Å². The molecule has 8 nitrogen and oxygen atoms in total. The van der Waals surface area contributed by atoms with Crippen LogP contribution in [-0.2, 0) is 26.5 Å². The summed E-state index contributed by atoms with van der Waals surface area (Å²) in [6.45, 7) is 0. The monoisotopic (exact) mass is 469 g/mol. The molecule has 0 saturated heterocycles. The average Bonchev–Trinajstić information content (AvgIpc) is 3.11. The molecular weight excluding hydrogens is 450 g/mol. The topological polar surface area (TPSA) is 142 Å². The molecule has 0 aliphatic heterocycles. The van der Waals surface area contributed by atoms with Crippen molar-refractivity contribution in [2.75, 3.05) is 0 Å².